The van der Waals surface area contributed by atoms with Crippen LogP contribution in [0.25, 0.3) is 0 Å². The molecule has 0 aliphatic carbocycles. The monoisotopic (exact) mass is 817 g/mol. The number of allylic oxidation sites excluding steroid dienone is 4. The lowest BCUT2D eigenvalue weighted by atomic mass is 10.1. The van der Waals surface area contributed by atoms with Gasteiger partial charge >= 0.3 is 17.9 Å². The number of unbranched alkanes of at least 4 members (excludes halogenated alkanes) is 31. The summed E-state index contributed by atoms with van der Waals surface area (Å²) in [5.74, 6) is -0.884. The highest BCUT2D eigenvalue weighted by molar-refractivity contribution is 5.71. The van der Waals surface area contributed by atoms with Crippen LogP contribution in [0.15, 0.2) is 24.3 Å². The Morgan fingerprint density at radius 3 is 0.862 bits per heavy atom. The second-order valence-electron chi connectivity index (χ2n) is 17.1. The fourth-order valence-electron chi connectivity index (χ4n) is 7.31. The SMILES string of the molecule is CCCCCCCC/C=C\CCCCCCCC(=O)OC(COC(=O)CCCCCCCCC)COC(=O)CCCCCCCCC/C=C\CCCCCCCCC. The van der Waals surface area contributed by atoms with Crippen LogP contribution in [0.5, 0.6) is 0 Å². The molecule has 0 spiro atoms. The number of ether oxygens (including phenoxy) is 3. The average molecular weight is 817 g/mol. The van der Waals surface area contributed by atoms with Gasteiger partial charge in [0.2, 0.25) is 0 Å². The van der Waals surface area contributed by atoms with Crippen LogP contribution < -0.4 is 0 Å². The molecule has 0 bridgehead atoms. The molecule has 6 heteroatoms. The summed E-state index contributed by atoms with van der Waals surface area (Å²) in [4.78, 5) is 37.7. The Balaban J connectivity index is 4.25. The number of hydrogen-bond donors (Lipinski definition) is 0. The lowest BCUT2D eigenvalue weighted by Crippen LogP contribution is -2.30. The van der Waals surface area contributed by atoms with Gasteiger partial charge in [-0.1, -0.05) is 206 Å². The van der Waals surface area contributed by atoms with E-state index in [0.717, 1.165) is 64.2 Å². The van der Waals surface area contributed by atoms with Gasteiger partial charge in [0.15, 0.2) is 6.10 Å². The highest BCUT2D eigenvalue weighted by atomic mass is 16.6. The van der Waals surface area contributed by atoms with Crippen LogP contribution in [0, 0.1) is 0 Å². The number of rotatable bonds is 46. The third-order valence-electron chi connectivity index (χ3n) is 11.2. The molecule has 0 N–H and O–H groups in total. The van der Waals surface area contributed by atoms with Crippen LogP contribution in [-0.4, -0.2) is 37.2 Å². The van der Waals surface area contributed by atoms with Crippen molar-refractivity contribution in [3.05, 3.63) is 24.3 Å². The highest BCUT2D eigenvalue weighted by Crippen LogP contribution is 2.15. The molecule has 0 saturated heterocycles. The van der Waals surface area contributed by atoms with Gasteiger partial charge in [0.25, 0.3) is 0 Å². The summed E-state index contributed by atoms with van der Waals surface area (Å²) in [7, 11) is 0. The quantitative estimate of drug-likeness (QED) is 0.0263. The maximum Gasteiger partial charge on any atom is 0.306 e. The zero-order valence-electron chi connectivity index (χ0n) is 38.8. The molecule has 1 unspecified atom stereocenters. The molecule has 0 aliphatic heterocycles. The molecule has 0 aliphatic rings. The van der Waals surface area contributed by atoms with Gasteiger partial charge in [-0.2, -0.15) is 0 Å². The van der Waals surface area contributed by atoms with Crippen molar-refractivity contribution >= 4 is 17.9 Å². The Hall–Kier alpha value is -2.11. The van der Waals surface area contributed by atoms with Crippen molar-refractivity contribution in [2.45, 2.75) is 277 Å². The third kappa shape index (κ3) is 45.0. The number of carbonyl (C=O) groups excluding carboxylic acids is 3. The van der Waals surface area contributed by atoms with E-state index in [1.807, 2.05) is 0 Å². The van der Waals surface area contributed by atoms with Gasteiger partial charge in [0.1, 0.15) is 13.2 Å². The highest BCUT2D eigenvalue weighted by Gasteiger charge is 2.19. The molecular formula is C52H96O6. The smallest absolute Gasteiger partial charge is 0.306 e. The first-order chi connectivity index (χ1) is 28.5. The third-order valence-corrected chi connectivity index (χ3v) is 11.2. The largest absolute Gasteiger partial charge is 0.462 e. The Morgan fingerprint density at radius 2 is 0.569 bits per heavy atom. The van der Waals surface area contributed by atoms with Gasteiger partial charge in [-0.15, -0.1) is 0 Å². The van der Waals surface area contributed by atoms with Crippen LogP contribution in [0.4, 0.5) is 0 Å². The summed E-state index contributed by atoms with van der Waals surface area (Å²) >= 11 is 0. The first-order valence-corrected chi connectivity index (χ1v) is 25.3. The molecule has 0 rings (SSSR count). The summed E-state index contributed by atoms with van der Waals surface area (Å²) in [5.41, 5.74) is 0. The van der Waals surface area contributed by atoms with Gasteiger partial charge in [0.05, 0.1) is 0 Å². The fraction of sp³-hybridized carbons (Fsp3) is 0.865. The number of esters is 3. The zero-order valence-corrected chi connectivity index (χ0v) is 38.8. The van der Waals surface area contributed by atoms with Crippen LogP contribution in [0.1, 0.15) is 271 Å². The van der Waals surface area contributed by atoms with Gasteiger partial charge in [0, 0.05) is 19.3 Å². The normalized spacial score (nSPS) is 12.1. The molecule has 58 heavy (non-hydrogen) atoms. The molecule has 0 saturated carbocycles. The number of hydrogen-bond acceptors (Lipinski definition) is 6. The topological polar surface area (TPSA) is 78.9 Å². The minimum Gasteiger partial charge on any atom is -0.462 e. The van der Waals surface area contributed by atoms with E-state index in [1.54, 1.807) is 0 Å². The molecule has 0 aromatic rings. The van der Waals surface area contributed by atoms with Gasteiger partial charge in [-0.05, 0) is 70.6 Å². The summed E-state index contributed by atoms with van der Waals surface area (Å²) < 4.78 is 16.7. The van der Waals surface area contributed by atoms with Gasteiger partial charge in [-0.3, -0.25) is 14.4 Å². The van der Waals surface area contributed by atoms with Crippen LogP contribution in [0.3, 0.4) is 0 Å². The minimum absolute atomic E-state index is 0.0737. The molecule has 1 atom stereocenters. The van der Waals surface area contributed by atoms with E-state index < -0.39 is 6.10 Å². The van der Waals surface area contributed by atoms with Crippen LogP contribution >= 0.6 is 0 Å². The molecule has 0 radical (unpaired) electrons. The lowest BCUT2D eigenvalue weighted by molar-refractivity contribution is -0.167. The van der Waals surface area contributed by atoms with Crippen LogP contribution in [-0.2, 0) is 28.6 Å². The van der Waals surface area contributed by atoms with Crippen molar-refractivity contribution in [3.8, 4) is 0 Å². The van der Waals surface area contributed by atoms with E-state index in [1.165, 1.54) is 167 Å². The fourth-order valence-corrected chi connectivity index (χ4v) is 7.31. The molecule has 0 amide bonds. The van der Waals surface area contributed by atoms with Crippen LogP contribution in [0.2, 0.25) is 0 Å². The Kier molecular flexibility index (Phi) is 45.8. The minimum atomic E-state index is -0.771. The lowest BCUT2D eigenvalue weighted by Gasteiger charge is -2.18. The Labute approximate surface area is 360 Å². The molecule has 6 nitrogen and oxygen atoms in total. The maximum atomic E-state index is 12.7. The Bertz CT molecular complexity index is 942. The van der Waals surface area contributed by atoms with E-state index in [0.29, 0.717) is 19.3 Å². The maximum absolute atomic E-state index is 12.7. The van der Waals surface area contributed by atoms with Crippen molar-refractivity contribution in [2.75, 3.05) is 13.2 Å². The first kappa shape index (κ1) is 55.9. The van der Waals surface area contributed by atoms with E-state index in [-0.39, 0.29) is 31.1 Å². The Morgan fingerprint density at radius 1 is 0.328 bits per heavy atom. The second kappa shape index (κ2) is 47.6. The molecule has 0 fully saturated rings. The molecule has 0 aromatic carbocycles. The summed E-state index contributed by atoms with van der Waals surface area (Å²) in [6.07, 6.45) is 53.2. The van der Waals surface area contributed by atoms with Crippen molar-refractivity contribution < 1.29 is 28.6 Å². The van der Waals surface area contributed by atoms with Crippen molar-refractivity contribution in [2.24, 2.45) is 0 Å². The molecule has 340 valence electrons. The summed E-state index contributed by atoms with van der Waals surface area (Å²) in [6.45, 7) is 6.60. The second-order valence-corrected chi connectivity index (χ2v) is 17.1. The number of carbonyl (C=O) groups is 3. The van der Waals surface area contributed by atoms with Gasteiger partial charge in [-0.25, -0.2) is 0 Å². The van der Waals surface area contributed by atoms with Gasteiger partial charge < -0.3 is 14.2 Å². The van der Waals surface area contributed by atoms with Crippen molar-refractivity contribution in [3.63, 3.8) is 0 Å². The summed E-state index contributed by atoms with van der Waals surface area (Å²) in [5, 5.41) is 0. The molecule has 0 heterocycles. The van der Waals surface area contributed by atoms with E-state index in [4.69, 9.17) is 14.2 Å². The van der Waals surface area contributed by atoms with Crippen molar-refractivity contribution in [1.29, 1.82) is 0 Å². The predicted octanol–water partition coefficient (Wildman–Crippen LogP) is 16.4. The average Bonchev–Trinajstić information content (AvgIpc) is 3.22. The summed E-state index contributed by atoms with van der Waals surface area (Å²) in [6, 6.07) is 0. The molecular weight excluding hydrogens is 721 g/mol. The van der Waals surface area contributed by atoms with E-state index >= 15 is 0 Å². The standard InChI is InChI=1S/C52H96O6/c1-4-7-10-13-16-18-20-22-24-25-26-28-29-31-33-36-39-42-45-51(54)57-48-49(47-56-50(53)44-41-38-35-15-12-9-6-3)58-52(55)46-43-40-37-34-32-30-27-23-21-19-17-14-11-8-5-2/h23-25,27,49H,4-22,26,28-48H2,1-3H3/b25-24-,27-23-. The zero-order chi connectivity index (χ0) is 42.3. The van der Waals surface area contributed by atoms with E-state index in [2.05, 4.69) is 45.1 Å². The predicted molar refractivity (Wildman–Crippen MR) is 247 cm³/mol. The molecule has 0 aromatic heterocycles. The first-order valence-electron chi connectivity index (χ1n) is 25.3. The van der Waals surface area contributed by atoms with Crippen molar-refractivity contribution in [1.82, 2.24) is 0 Å². The van der Waals surface area contributed by atoms with E-state index in [9.17, 15) is 14.4 Å².